The Labute approximate surface area is 204 Å². The number of nitrogens with zero attached hydrogens (tertiary/aromatic N) is 2. The number of hydrogen-bond donors (Lipinski definition) is 0. The van der Waals surface area contributed by atoms with Crippen molar-refractivity contribution in [2.24, 2.45) is 5.92 Å². The van der Waals surface area contributed by atoms with E-state index in [-0.39, 0.29) is 48.6 Å². The molecule has 1 aromatic heterocycles. The highest BCUT2D eigenvalue weighted by Crippen LogP contribution is 2.15. The highest BCUT2D eigenvalue weighted by atomic mass is 19.1. The van der Waals surface area contributed by atoms with Crippen LogP contribution in [0.3, 0.4) is 0 Å². The fraction of sp³-hybridized carbons (Fsp3) is 0.370. The van der Waals surface area contributed by atoms with Crippen molar-refractivity contribution in [3.8, 4) is 0 Å². The highest BCUT2D eigenvalue weighted by molar-refractivity contribution is 5.85. The molecule has 8 heteroatoms. The van der Waals surface area contributed by atoms with Gasteiger partial charge in [-0.3, -0.25) is 14.4 Å². The molecule has 0 saturated heterocycles. The number of ether oxygens (including phenoxy) is 1. The molecule has 2 amide bonds. The van der Waals surface area contributed by atoms with Gasteiger partial charge in [-0.15, -0.1) is 0 Å². The summed E-state index contributed by atoms with van der Waals surface area (Å²) in [6, 6.07) is 12.7. The lowest BCUT2D eigenvalue weighted by Gasteiger charge is -2.29. The normalized spacial score (nSPS) is 11.1. The molecular weight excluding hydrogens is 451 g/mol. The topological polar surface area (TPSA) is 80.1 Å². The molecule has 0 aliphatic carbocycles. The molecule has 3 rings (SSSR count). The van der Waals surface area contributed by atoms with Crippen molar-refractivity contribution in [2.45, 2.75) is 33.4 Å². The Hall–Kier alpha value is -3.52. The van der Waals surface area contributed by atoms with Crippen molar-refractivity contribution >= 4 is 22.8 Å². The molecule has 0 aliphatic heterocycles. The Balaban J connectivity index is 1.88. The zero-order valence-corrected chi connectivity index (χ0v) is 20.3. The highest BCUT2D eigenvalue weighted by Gasteiger charge is 2.24. The van der Waals surface area contributed by atoms with Crippen molar-refractivity contribution in [1.82, 2.24) is 9.80 Å². The number of rotatable bonds is 11. The van der Waals surface area contributed by atoms with Crippen LogP contribution in [0.2, 0.25) is 0 Å². The van der Waals surface area contributed by atoms with Crippen LogP contribution in [0.4, 0.5) is 4.39 Å². The monoisotopic (exact) mass is 482 g/mol. The smallest absolute Gasteiger partial charge is 0.242 e. The molecule has 186 valence electrons. The van der Waals surface area contributed by atoms with Gasteiger partial charge in [-0.1, -0.05) is 38.1 Å². The van der Waals surface area contributed by atoms with Crippen molar-refractivity contribution in [3.63, 3.8) is 0 Å². The fourth-order valence-electron chi connectivity index (χ4n) is 3.77. The van der Waals surface area contributed by atoms with Gasteiger partial charge in [-0.2, -0.15) is 0 Å². The Kier molecular flexibility index (Phi) is 9.14. The van der Waals surface area contributed by atoms with E-state index in [1.807, 2.05) is 0 Å². The van der Waals surface area contributed by atoms with Gasteiger partial charge in [0, 0.05) is 32.7 Å². The van der Waals surface area contributed by atoms with E-state index in [2.05, 4.69) is 0 Å². The number of methoxy groups -OCH3 is 1. The standard InChI is InChI=1S/C27H31FN2O5/c1-19(2)27(33)29(13-6-14-34-3)17-25(31)30(15-20-9-11-22(28)12-10-20)16-21-18-35-24-8-5-4-7-23(24)26(21)32/h4-5,7-12,18-19H,6,13-17H2,1-3H3. The van der Waals surface area contributed by atoms with Crippen LogP contribution in [0.15, 0.2) is 64.0 Å². The van der Waals surface area contributed by atoms with Crippen LogP contribution in [0, 0.1) is 11.7 Å². The van der Waals surface area contributed by atoms with E-state index in [0.717, 1.165) is 0 Å². The molecule has 0 aliphatic rings. The second-order valence-corrected chi connectivity index (χ2v) is 8.72. The summed E-state index contributed by atoms with van der Waals surface area (Å²) < 4.78 is 24.1. The first kappa shape index (κ1) is 26.1. The molecule has 0 saturated carbocycles. The van der Waals surface area contributed by atoms with E-state index in [1.165, 1.54) is 28.2 Å². The molecule has 0 spiro atoms. The molecule has 0 N–H and O–H groups in total. The minimum atomic E-state index is -0.381. The SMILES string of the molecule is COCCCN(CC(=O)N(Cc1ccc(F)cc1)Cc1coc2ccccc2c1=O)C(=O)C(C)C. The first-order chi connectivity index (χ1) is 16.8. The molecule has 2 aromatic carbocycles. The van der Waals surface area contributed by atoms with Gasteiger partial charge < -0.3 is 19.0 Å². The lowest BCUT2D eigenvalue weighted by Crippen LogP contribution is -2.44. The van der Waals surface area contributed by atoms with Gasteiger partial charge in [-0.25, -0.2) is 4.39 Å². The number of benzene rings is 2. The van der Waals surface area contributed by atoms with Crippen molar-refractivity contribution in [1.29, 1.82) is 0 Å². The van der Waals surface area contributed by atoms with Crippen LogP contribution in [0.5, 0.6) is 0 Å². The number of para-hydroxylation sites is 1. The van der Waals surface area contributed by atoms with Gasteiger partial charge in [0.25, 0.3) is 0 Å². The molecule has 0 unspecified atom stereocenters. The van der Waals surface area contributed by atoms with Gasteiger partial charge in [0.15, 0.2) is 5.43 Å². The third kappa shape index (κ3) is 6.99. The quantitative estimate of drug-likeness (QED) is 0.386. The lowest BCUT2D eigenvalue weighted by molar-refractivity contribution is -0.143. The van der Waals surface area contributed by atoms with Gasteiger partial charge in [0.2, 0.25) is 11.8 Å². The van der Waals surface area contributed by atoms with Crippen molar-refractivity contribution in [2.75, 3.05) is 26.8 Å². The second kappa shape index (κ2) is 12.3. The minimum Gasteiger partial charge on any atom is -0.464 e. The zero-order chi connectivity index (χ0) is 25.4. The molecule has 0 atom stereocenters. The van der Waals surface area contributed by atoms with Crippen LogP contribution >= 0.6 is 0 Å². The zero-order valence-electron chi connectivity index (χ0n) is 20.3. The van der Waals surface area contributed by atoms with Crippen molar-refractivity contribution in [3.05, 3.63) is 82.0 Å². The van der Waals surface area contributed by atoms with E-state index in [9.17, 15) is 18.8 Å². The summed E-state index contributed by atoms with van der Waals surface area (Å²) in [5, 5.41) is 0.426. The molecule has 3 aromatic rings. The van der Waals surface area contributed by atoms with Gasteiger partial charge >= 0.3 is 0 Å². The molecular formula is C27H31FN2O5. The number of amides is 2. The Bertz CT molecular complexity index is 1210. The first-order valence-corrected chi connectivity index (χ1v) is 11.6. The predicted molar refractivity (Wildman–Crippen MR) is 131 cm³/mol. The average Bonchev–Trinajstić information content (AvgIpc) is 2.85. The van der Waals surface area contributed by atoms with E-state index in [0.29, 0.717) is 41.7 Å². The van der Waals surface area contributed by atoms with Crippen LogP contribution < -0.4 is 5.43 Å². The van der Waals surface area contributed by atoms with Gasteiger partial charge in [-0.05, 0) is 36.2 Å². The molecule has 7 nitrogen and oxygen atoms in total. The summed E-state index contributed by atoms with van der Waals surface area (Å²) in [6.45, 7) is 4.41. The third-order valence-electron chi connectivity index (χ3n) is 5.66. The fourth-order valence-corrected chi connectivity index (χ4v) is 3.77. The van der Waals surface area contributed by atoms with Gasteiger partial charge in [0.05, 0.1) is 30.3 Å². The number of fused-ring (bicyclic) bond motifs is 1. The third-order valence-corrected chi connectivity index (χ3v) is 5.66. The first-order valence-electron chi connectivity index (χ1n) is 11.6. The Morgan fingerprint density at radius 3 is 2.43 bits per heavy atom. The Morgan fingerprint density at radius 2 is 1.74 bits per heavy atom. The average molecular weight is 483 g/mol. The summed E-state index contributed by atoms with van der Waals surface area (Å²) in [5.41, 5.74) is 1.26. The van der Waals surface area contributed by atoms with E-state index in [1.54, 1.807) is 57.4 Å². The maximum Gasteiger partial charge on any atom is 0.242 e. The largest absolute Gasteiger partial charge is 0.464 e. The van der Waals surface area contributed by atoms with Crippen LogP contribution in [0.1, 0.15) is 31.4 Å². The van der Waals surface area contributed by atoms with E-state index >= 15 is 0 Å². The maximum atomic E-state index is 13.5. The molecule has 0 bridgehead atoms. The number of hydrogen-bond acceptors (Lipinski definition) is 5. The van der Waals surface area contributed by atoms with Crippen LogP contribution in [0.25, 0.3) is 11.0 Å². The van der Waals surface area contributed by atoms with Crippen LogP contribution in [-0.4, -0.2) is 48.4 Å². The molecule has 0 radical (unpaired) electrons. The number of carbonyl (C=O) groups is 2. The van der Waals surface area contributed by atoms with Crippen LogP contribution in [-0.2, 0) is 27.4 Å². The predicted octanol–water partition coefficient (Wildman–Crippen LogP) is 3.98. The molecule has 1 heterocycles. The maximum absolute atomic E-state index is 13.5. The summed E-state index contributed by atoms with van der Waals surface area (Å²) in [6.07, 6.45) is 1.96. The van der Waals surface area contributed by atoms with E-state index in [4.69, 9.17) is 9.15 Å². The molecule has 0 fully saturated rings. The Morgan fingerprint density at radius 1 is 1.03 bits per heavy atom. The number of carbonyl (C=O) groups excluding carboxylic acids is 2. The molecule has 35 heavy (non-hydrogen) atoms. The minimum absolute atomic E-state index is 0.00877. The van der Waals surface area contributed by atoms with Gasteiger partial charge in [0.1, 0.15) is 11.4 Å². The summed E-state index contributed by atoms with van der Waals surface area (Å²) in [7, 11) is 1.58. The van der Waals surface area contributed by atoms with Crippen molar-refractivity contribution < 1.29 is 23.1 Å². The van der Waals surface area contributed by atoms with E-state index < -0.39 is 0 Å². The lowest BCUT2D eigenvalue weighted by atomic mass is 10.1. The second-order valence-electron chi connectivity index (χ2n) is 8.72. The summed E-state index contributed by atoms with van der Waals surface area (Å²) >= 11 is 0. The summed E-state index contributed by atoms with van der Waals surface area (Å²) in [5.74, 6) is -1.12. The number of halogens is 1. The summed E-state index contributed by atoms with van der Waals surface area (Å²) in [4.78, 5) is 42.3.